The van der Waals surface area contributed by atoms with Gasteiger partial charge in [0.2, 0.25) is 0 Å². The molecule has 1 heterocycles. The van der Waals surface area contributed by atoms with Gasteiger partial charge in [0.15, 0.2) is 0 Å². The van der Waals surface area contributed by atoms with E-state index in [2.05, 4.69) is 37.5 Å². The summed E-state index contributed by atoms with van der Waals surface area (Å²) in [5.74, 6) is 0. The van der Waals surface area contributed by atoms with Crippen molar-refractivity contribution in [3.8, 4) is 0 Å². The van der Waals surface area contributed by atoms with Gasteiger partial charge >= 0.3 is 0 Å². The molecule has 0 atom stereocenters. The molecule has 0 bridgehead atoms. The summed E-state index contributed by atoms with van der Waals surface area (Å²) < 4.78 is 3.41. The van der Waals surface area contributed by atoms with Gasteiger partial charge in [-0.2, -0.15) is 0 Å². The maximum atomic E-state index is 4.01. The molecule has 86 valence electrons. The summed E-state index contributed by atoms with van der Waals surface area (Å²) in [7, 11) is 0. The van der Waals surface area contributed by atoms with Crippen molar-refractivity contribution in [1.82, 2.24) is 14.9 Å². The van der Waals surface area contributed by atoms with Crippen molar-refractivity contribution in [2.75, 3.05) is 17.5 Å². The number of alkyl halides is 1. The second-order valence-corrected chi connectivity index (χ2v) is 4.73. The molecule has 0 spiro atoms. The predicted molar refractivity (Wildman–Crippen MR) is 72.5 cm³/mol. The van der Waals surface area contributed by atoms with Crippen LogP contribution in [0.1, 0.15) is 25.7 Å². The van der Waals surface area contributed by atoms with E-state index in [0.717, 1.165) is 13.1 Å². The quantitative estimate of drug-likeness (QED) is 0.430. The number of hydrogen-bond donors (Lipinski definition) is 1. The van der Waals surface area contributed by atoms with E-state index < -0.39 is 0 Å². The average molecular weight is 321 g/mol. The Hall–Kier alpha value is -0.100. The second kappa shape index (κ2) is 9.15. The topological polar surface area (TPSA) is 29.9 Å². The maximum Gasteiger partial charge on any atom is 0.0945 e. The van der Waals surface area contributed by atoms with E-state index in [1.165, 1.54) is 36.7 Å². The van der Waals surface area contributed by atoms with E-state index >= 15 is 0 Å². The Balaban J connectivity index is 1.81. The maximum absolute atomic E-state index is 4.01. The summed E-state index contributed by atoms with van der Waals surface area (Å²) in [6, 6.07) is 0. The Labute approximate surface area is 106 Å². The van der Waals surface area contributed by atoms with E-state index in [9.17, 15) is 0 Å². The molecule has 3 nitrogen and oxygen atoms in total. The van der Waals surface area contributed by atoms with Crippen LogP contribution in [-0.4, -0.2) is 27.1 Å². The van der Waals surface area contributed by atoms with E-state index in [1.807, 2.05) is 18.7 Å². The first-order valence-electron chi connectivity index (χ1n) is 5.66. The zero-order valence-electron chi connectivity index (χ0n) is 9.16. The first kappa shape index (κ1) is 13.0. The molecular weight excluding hydrogens is 301 g/mol. The van der Waals surface area contributed by atoms with Crippen LogP contribution in [0.2, 0.25) is 0 Å². The Morgan fingerprint density at radius 3 is 2.73 bits per heavy atom. The smallest absolute Gasteiger partial charge is 0.0945 e. The molecule has 0 saturated heterocycles. The lowest BCUT2D eigenvalue weighted by atomic mass is 10.2. The summed E-state index contributed by atoms with van der Waals surface area (Å²) in [5, 5.41) is 3.47. The van der Waals surface area contributed by atoms with Gasteiger partial charge in [-0.25, -0.2) is 4.98 Å². The normalized spacial score (nSPS) is 10.7. The van der Waals surface area contributed by atoms with Crippen molar-refractivity contribution in [2.45, 2.75) is 32.2 Å². The van der Waals surface area contributed by atoms with E-state index in [1.54, 1.807) is 0 Å². The number of halogens is 1. The molecule has 0 fully saturated rings. The summed E-state index contributed by atoms with van der Waals surface area (Å²) in [4.78, 5) is 4.01. The van der Waals surface area contributed by atoms with Crippen LogP contribution in [0.3, 0.4) is 0 Å². The molecule has 0 radical (unpaired) electrons. The van der Waals surface area contributed by atoms with Gasteiger partial charge < -0.3 is 9.88 Å². The Morgan fingerprint density at radius 1 is 1.13 bits per heavy atom. The standard InChI is InChI=1S/C11H20IN3/c12-5-2-1-3-6-13-7-4-9-15-10-8-14-11-15/h8,10-11,13H,1-7,9H2. The molecule has 4 heteroatoms. The molecular formula is C11H20IN3. The number of imidazole rings is 1. The van der Waals surface area contributed by atoms with E-state index in [4.69, 9.17) is 0 Å². The third-order valence-electron chi connectivity index (χ3n) is 2.32. The highest BCUT2D eigenvalue weighted by Crippen LogP contribution is 1.97. The number of aryl methyl sites for hydroxylation is 1. The Bertz CT molecular complexity index is 224. The summed E-state index contributed by atoms with van der Waals surface area (Å²) >= 11 is 2.44. The molecule has 1 N–H and O–H groups in total. The van der Waals surface area contributed by atoms with Gasteiger partial charge in [0, 0.05) is 18.9 Å². The lowest BCUT2D eigenvalue weighted by Crippen LogP contribution is -2.18. The third kappa shape index (κ3) is 6.89. The molecule has 0 amide bonds. The van der Waals surface area contributed by atoms with Crippen LogP contribution in [0, 0.1) is 0 Å². The average Bonchev–Trinajstić information content (AvgIpc) is 2.75. The number of hydrogen-bond acceptors (Lipinski definition) is 2. The van der Waals surface area contributed by atoms with Crippen LogP contribution in [0.25, 0.3) is 0 Å². The third-order valence-corrected chi connectivity index (χ3v) is 3.08. The minimum atomic E-state index is 1.07. The predicted octanol–water partition coefficient (Wildman–Crippen LogP) is 2.47. The molecule has 0 saturated carbocycles. The zero-order chi connectivity index (χ0) is 10.8. The van der Waals surface area contributed by atoms with Gasteiger partial charge in [-0.3, -0.25) is 0 Å². The van der Waals surface area contributed by atoms with Crippen molar-refractivity contribution in [2.24, 2.45) is 0 Å². The first-order chi connectivity index (χ1) is 7.43. The molecule has 0 aliphatic rings. The van der Waals surface area contributed by atoms with Crippen LogP contribution in [0.4, 0.5) is 0 Å². The van der Waals surface area contributed by atoms with Crippen LogP contribution in [-0.2, 0) is 6.54 Å². The van der Waals surface area contributed by atoms with Crippen molar-refractivity contribution in [3.05, 3.63) is 18.7 Å². The highest BCUT2D eigenvalue weighted by atomic mass is 127. The number of nitrogens with zero attached hydrogens (tertiary/aromatic N) is 2. The fraction of sp³-hybridized carbons (Fsp3) is 0.727. The number of unbranched alkanes of at least 4 members (excludes halogenated alkanes) is 2. The summed E-state index contributed by atoms with van der Waals surface area (Å²) in [5.41, 5.74) is 0. The van der Waals surface area contributed by atoms with Gasteiger partial charge in [0.05, 0.1) is 6.33 Å². The largest absolute Gasteiger partial charge is 0.337 e. The molecule has 0 unspecified atom stereocenters. The monoisotopic (exact) mass is 321 g/mol. The minimum Gasteiger partial charge on any atom is -0.337 e. The molecule has 1 aromatic rings. The zero-order valence-corrected chi connectivity index (χ0v) is 11.3. The number of rotatable bonds is 9. The van der Waals surface area contributed by atoms with Crippen LogP contribution in [0.15, 0.2) is 18.7 Å². The number of aromatic nitrogens is 2. The molecule has 1 aromatic heterocycles. The van der Waals surface area contributed by atoms with Crippen LogP contribution in [0.5, 0.6) is 0 Å². The molecule has 0 aliphatic carbocycles. The second-order valence-electron chi connectivity index (χ2n) is 3.65. The van der Waals surface area contributed by atoms with E-state index in [0.29, 0.717) is 0 Å². The van der Waals surface area contributed by atoms with Gasteiger partial charge in [0.1, 0.15) is 0 Å². The SMILES string of the molecule is ICCCCCNCCCn1ccnc1. The fourth-order valence-corrected chi connectivity index (χ4v) is 1.99. The highest BCUT2D eigenvalue weighted by Gasteiger charge is 1.91. The van der Waals surface area contributed by atoms with Crippen LogP contribution < -0.4 is 5.32 Å². The van der Waals surface area contributed by atoms with Gasteiger partial charge in [-0.15, -0.1) is 0 Å². The van der Waals surface area contributed by atoms with Crippen molar-refractivity contribution in [1.29, 1.82) is 0 Å². The van der Waals surface area contributed by atoms with Gasteiger partial charge in [-0.05, 0) is 36.8 Å². The number of nitrogens with one attached hydrogen (secondary N) is 1. The first-order valence-corrected chi connectivity index (χ1v) is 7.18. The molecule has 1 rings (SSSR count). The summed E-state index contributed by atoms with van der Waals surface area (Å²) in [6.45, 7) is 3.35. The van der Waals surface area contributed by atoms with Gasteiger partial charge in [0.25, 0.3) is 0 Å². The van der Waals surface area contributed by atoms with Crippen molar-refractivity contribution < 1.29 is 0 Å². The van der Waals surface area contributed by atoms with Crippen molar-refractivity contribution in [3.63, 3.8) is 0 Å². The summed E-state index contributed by atoms with van der Waals surface area (Å²) in [6.07, 6.45) is 10.9. The highest BCUT2D eigenvalue weighted by molar-refractivity contribution is 14.1. The Kier molecular flexibility index (Phi) is 7.91. The van der Waals surface area contributed by atoms with Gasteiger partial charge in [-0.1, -0.05) is 29.0 Å². The Morgan fingerprint density at radius 2 is 2.00 bits per heavy atom. The molecule has 0 aliphatic heterocycles. The molecule has 0 aromatic carbocycles. The minimum absolute atomic E-state index is 1.07. The van der Waals surface area contributed by atoms with E-state index in [-0.39, 0.29) is 0 Å². The lowest BCUT2D eigenvalue weighted by Gasteiger charge is -2.04. The van der Waals surface area contributed by atoms with Crippen molar-refractivity contribution >= 4 is 22.6 Å². The fourth-order valence-electron chi connectivity index (χ4n) is 1.45. The lowest BCUT2D eigenvalue weighted by molar-refractivity contribution is 0.561. The van der Waals surface area contributed by atoms with Crippen LogP contribution >= 0.6 is 22.6 Å². The molecule has 15 heavy (non-hydrogen) atoms.